The number of hydrogen-bond donors (Lipinski definition) is 3. The van der Waals surface area contributed by atoms with Gasteiger partial charge < -0.3 is 11.5 Å². The zero-order valence-electron chi connectivity index (χ0n) is 13.4. The van der Waals surface area contributed by atoms with Crippen LogP contribution in [0.15, 0.2) is 24.3 Å². The summed E-state index contributed by atoms with van der Waals surface area (Å²) in [6.07, 6.45) is 10.9. The first-order valence-corrected chi connectivity index (χ1v) is 8.30. The van der Waals surface area contributed by atoms with E-state index in [4.69, 9.17) is 16.9 Å². The number of unbranched alkanes of at least 4 members (excludes halogenated alkanes) is 5. The maximum Gasteiger partial charge on any atom is 0.108 e. The average Bonchev–Trinajstić information content (AvgIpc) is 2.49. The zero-order valence-corrected chi connectivity index (χ0v) is 13.4. The van der Waals surface area contributed by atoms with E-state index in [1.165, 1.54) is 56.1 Å². The van der Waals surface area contributed by atoms with Crippen LogP contribution in [-0.4, -0.2) is 11.9 Å². The van der Waals surface area contributed by atoms with Crippen LogP contribution in [0.2, 0.25) is 0 Å². The largest absolute Gasteiger partial charge is 0.386 e. The number of nitrogens with two attached hydrogens (primary N) is 2. The van der Waals surface area contributed by atoms with Crippen LogP contribution in [-0.2, 0) is 12.8 Å². The fourth-order valence-corrected chi connectivity index (χ4v) is 2.46. The molecule has 0 aliphatic carbocycles. The second-order valence-electron chi connectivity index (χ2n) is 5.93. The average molecular weight is 289 g/mol. The minimum Gasteiger partial charge on any atom is -0.386 e. The third-order valence-electron chi connectivity index (χ3n) is 3.99. The number of rotatable bonds is 11. The lowest BCUT2D eigenvalue weighted by molar-refractivity contribution is 0.607. The maximum absolute atomic E-state index is 7.29. The van der Waals surface area contributed by atoms with Crippen molar-refractivity contribution in [3.8, 4) is 0 Å². The first-order chi connectivity index (χ1) is 10.1. The van der Waals surface area contributed by atoms with Crippen LogP contribution in [0.5, 0.6) is 0 Å². The second-order valence-corrected chi connectivity index (χ2v) is 5.93. The molecule has 0 spiro atoms. The number of hydrogen-bond acceptors (Lipinski definition) is 2. The van der Waals surface area contributed by atoms with Gasteiger partial charge in [0.05, 0.1) is 6.04 Å². The predicted octanol–water partition coefficient (Wildman–Crippen LogP) is 3.79. The Morgan fingerprint density at radius 2 is 1.48 bits per heavy atom. The van der Waals surface area contributed by atoms with E-state index in [0.29, 0.717) is 0 Å². The highest BCUT2D eigenvalue weighted by Gasteiger charge is 2.05. The molecule has 0 fully saturated rings. The Morgan fingerprint density at radius 1 is 0.952 bits per heavy atom. The lowest BCUT2D eigenvalue weighted by atomic mass is 10.0. The Balaban J connectivity index is 2.22. The molecule has 1 atom stereocenters. The van der Waals surface area contributed by atoms with Crippen molar-refractivity contribution in [3.63, 3.8) is 0 Å². The molecular weight excluding hydrogens is 258 g/mol. The summed E-state index contributed by atoms with van der Waals surface area (Å²) in [7, 11) is 0. The molecule has 0 saturated heterocycles. The summed E-state index contributed by atoms with van der Waals surface area (Å²) in [6, 6.07) is 8.49. The highest BCUT2D eigenvalue weighted by Crippen LogP contribution is 2.12. The van der Waals surface area contributed by atoms with Crippen molar-refractivity contribution < 1.29 is 0 Å². The highest BCUT2D eigenvalue weighted by atomic mass is 14.8. The van der Waals surface area contributed by atoms with Crippen molar-refractivity contribution in [1.82, 2.24) is 0 Å². The Kier molecular flexibility index (Phi) is 8.76. The molecule has 1 aromatic rings. The van der Waals surface area contributed by atoms with Gasteiger partial charge >= 0.3 is 0 Å². The van der Waals surface area contributed by atoms with E-state index >= 15 is 0 Å². The SMILES string of the molecule is CCCCCCCCc1ccc(CC[C@@H](N)C(=N)N)cc1. The van der Waals surface area contributed by atoms with Crippen molar-refractivity contribution in [3.05, 3.63) is 35.4 Å². The second kappa shape index (κ2) is 10.4. The Labute approximate surface area is 129 Å². The third-order valence-corrected chi connectivity index (χ3v) is 3.99. The van der Waals surface area contributed by atoms with Crippen molar-refractivity contribution in [1.29, 1.82) is 5.41 Å². The van der Waals surface area contributed by atoms with Gasteiger partial charge in [0.2, 0.25) is 0 Å². The molecule has 1 rings (SSSR count). The van der Waals surface area contributed by atoms with Gasteiger partial charge in [-0.05, 0) is 36.8 Å². The molecular formula is C18H31N3. The fourth-order valence-electron chi connectivity index (χ4n) is 2.46. The molecule has 3 heteroatoms. The molecule has 0 unspecified atom stereocenters. The van der Waals surface area contributed by atoms with Crippen LogP contribution in [0.25, 0.3) is 0 Å². The van der Waals surface area contributed by atoms with Gasteiger partial charge in [-0.2, -0.15) is 0 Å². The molecule has 0 aliphatic rings. The van der Waals surface area contributed by atoms with Crippen molar-refractivity contribution in [2.75, 3.05) is 0 Å². The van der Waals surface area contributed by atoms with Crippen LogP contribution < -0.4 is 11.5 Å². The molecule has 3 nitrogen and oxygen atoms in total. The Morgan fingerprint density at radius 3 is 2.05 bits per heavy atom. The standard InChI is InChI=1S/C18H31N3/c1-2-3-4-5-6-7-8-15-9-11-16(12-10-15)13-14-17(19)18(20)21/h9-12,17H,2-8,13-14,19H2,1H3,(H3,20,21)/t17-/m1/s1. The molecule has 0 heterocycles. The van der Waals surface area contributed by atoms with E-state index < -0.39 is 0 Å². The fraction of sp³-hybridized carbons (Fsp3) is 0.611. The Hall–Kier alpha value is -1.35. The van der Waals surface area contributed by atoms with Gasteiger partial charge in [0, 0.05) is 0 Å². The third kappa shape index (κ3) is 7.86. The van der Waals surface area contributed by atoms with Crippen LogP contribution in [0.4, 0.5) is 0 Å². The summed E-state index contributed by atoms with van der Waals surface area (Å²) in [5.41, 5.74) is 13.8. The van der Waals surface area contributed by atoms with Gasteiger partial charge in [0.25, 0.3) is 0 Å². The van der Waals surface area contributed by atoms with Gasteiger partial charge in [0.15, 0.2) is 0 Å². The minimum absolute atomic E-state index is 0.0784. The van der Waals surface area contributed by atoms with E-state index in [9.17, 15) is 0 Å². The van der Waals surface area contributed by atoms with Crippen LogP contribution in [0.3, 0.4) is 0 Å². The summed E-state index contributed by atoms with van der Waals surface area (Å²) in [4.78, 5) is 0. The molecule has 1 aromatic carbocycles. The lowest BCUT2D eigenvalue weighted by Gasteiger charge is -2.09. The smallest absolute Gasteiger partial charge is 0.108 e. The van der Waals surface area contributed by atoms with E-state index in [0.717, 1.165) is 12.8 Å². The molecule has 0 aromatic heterocycles. The van der Waals surface area contributed by atoms with Crippen molar-refractivity contribution >= 4 is 5.84 Å². The molecule has 5 N–H and O–H groups in total. The van der Waals surface area contributed by atoms with Crippen molar-refractivity contribution in [2.24, 2.45) is 11.5 Å². The topological polar surface area (TPSA) is 75.9 Å². The first kappa shape index (κ1) is 17.7. The lowest BCUT2D eigenvalue weighted by Crippen LogP contribution is -2.36. The van der Waals surface area contributed by atoms with E-state index in [2.05, 4.69) is 31.2 Å². The van der Waals surface area contributed by atoms with Gasteiger partial charge in [-0.15, -0.1) is 0 Å². The number of benzene rings is 1. The normalized spacial score (nSPS) is 12.3. The summed E-state index contributed by atoms with van der Waals surface area (Å²) >= 11 is 0. The molecule has 0 bridgehead atoms. The maximum atomic E-state index is 7.29. The van der Waals surface area contributed by atoms with Crippen LogP contribution in [0.1, 0.15) is 63.0 Å². The van der Waals surface area contributed by atoms with Gasteiger partial charge in [-0.1, -0.05) is 63.3 Å². The summed E-state index contributed by atoms with van der Waals surface area (Å²) < 4.78 is 0. The quantitative estimate of drug-likeness (QED) is 0.329. The van der Waals surface area contributed by atoms with E-state index in [-0.39, 0.29) is 11.9 Å². The van der Waals surface area contributed by atoms with Crippen LogP contribution in [0, 0.1) is 5.41 Å². The Bertz CT molecular complexity index is 397. The first-order valence-electron chi connectivity index (χ1n) is 8.30. The summed E-state index contributed by atoms with van der Waals surface area (Å²) in [6.45, 7) is 2.25. The van der Waals surface area contributed by atoms with Crippen LogP contribution >= 0.6 is 0 Å². The number of aryl methyl sites for hydroxylation is 2. The molecule has 21 heavy (non-hydrogen) atoms. The van der Waals surface area contributed by atoms with Crippen molar-refractivity contribution in [2.45, 2.75) is 70.8 Å². The van der Waals surface area contributed by atoms with Gasteiger partial charge in [-0.3, -0.25) is 5.41 Å². The van der Waals surface area contributed by atoms with E-state index in [1.54, 1.807) is 0 Å². The van der Waals surface area contributed by atoms with Gasteiger partial charge in [-0.25, -0.2) is 0 Å². The molecule has 118 valence electrons. The number of amidine groups is 1. The molecule has 0 radical (unpaired) electrons. The minimum atomic E-state index is -0.312. The molecule has 0 saturated carbocycles. The van der Waals surface area contributed by atoms with E-state index in [1.807, 2.05) is 0 Å². The predicted molar refractivity (Wildman–Crippen MR) is 91.7 cm³/mol. The summed E-state index contributed by atoms with van der Waals surface area (Å²) in [5, 5.41) is 7.29. The highest BCUT2D eigenvalue weighted by molar-refractivity contribution is 5.82. The molecule has 0 aliphatic heterocycles. The molecule has 0 amide bonds. The monoisotopic (exact) mass is 289 g/mol. The van der Waals surface area contributed by atoms with Gasteiger partial charge in [0.1, 0.15) is 5.84 Å². The summed E-state index contributed by atoms with van der Waals surface area (Å²) in [5.74, 6) is 0.0784. The zero-order chi connectivity index (χ0) is 15.5. The number of nitrogens with one attached hydrogen (secondary N) is 1.